The Morgan fingerprint density at radius 3 is 2.34 bits per heavy atom. The summed E-state index contributed by atoms with van der Waals surface area (Å²) in [6, 6.07) is 10.9. The molecule has 8 heteroatoms. The number of furan rings is 1. The zero-order chi connectivity index (χ0) is 20.6. The van der Waals surface area contributed by atoms with Crippen molar-refractivity contribution in [1.82, 2.24) is 10.6 Å². The minimum Gasteiger partial charge on any atom is -0.469 e. The van der Waals surface area contributed by atoms with Crippen molar-refractivity contribution in [1.29, 1.82) is 0 Å². The molecule has 0 spiro atoms. The molecule has 6 nitrogen and oxygen atoms in total. The third-order valence-corrected chi connectivity index (χ3v) is 6.01. The largest absolute Gasteiger partial charge is 0.469 e. The van der Waals surface area contributed by atoms with Gasteiger partial charge in [-0.2, -0.15) is 0 Å². The smallest absolute Gasteiger partial charge is 0.191 e. The number of nitrogens with one attached hydrogen (secondary N) is 2. The zero-order valence-electron chi connectivity index (χ0n) is 17.6. The minimum absolute atomic E-state index is 0. The second-order valence-electron chi connectivity index (χ2n) is 7.61. The predicted octanol–water partition coefficient (Wildman–Crippen LogP) is 3.77. The predicted molar refractivity (Wildman–Crippen MR) is 129 cm³/mol. The summed E-state index contributed by atoms with van der Waals surface area (Å²) < 4.78 is 30.5. The number of hydrogen-bond donors (Lipinski definition) is 2. The second kappa shape index (κ2) is 11.6. The van der Waals surface area contributed by atoms with E-state index in [1.165, 1.54) is 0 Å². The molecular formula is C21H32IN3O3S. The summed E-state index contributed by atoms with van der Waals surface area (Å²) in [6.45, 7) is 9.83. The number of sulfone groups is 1. The Morgan fingerprint density at radius 1 is 1.10 bits per heavy atom. The maximum Gasteiger partial charge on any atom is 0.191 e. The molecule has 0 amide bonds. The van der Waals surface area contributed by atoms with Gasteiger partial charge in [0.05, 0.1) is 23.5 Å². The first-order valence-corrected chi connectivity index (χ1v) is 11.3. The molecule has 0 unspecified atom stereocenters. The number of halogens is 1. The van der Waals surface area contributed by atoms with Crippen molar-refractivity contribution in [3.8, 4) is 0 Å². The number of hydrogen-bond acceptors (Lipinski definition) is 4. The molecule has 0 fully saturated rings. The third kappa shape index (κ3) is 8.38. The third-order valence-electron chi connectivity index (χ3n) is 4.30. The monoisotopic (exact) mass is 533 g/mol. The van der Waals surface area contributed by atoms with Gasteiger partial charge >= 0.3 is 0 Å². The number of benzene rings is 1. The Labute approximate surface area is 191 Å². The van der Waals surface area contributed by atoms with Crippen LogP contribution in [0, 0.1) is 0 Å². The van der Waals surface area contributed by atoms with Gasteiger partial charge in [0.15, 0.2) is 15.8 Å². The molecule has 0 aliphatic carbocycles. The highest BCUT2D eigenvalue weighted by Crippen LogP contribution is 2.23. The summed E-state index contributed by atoms with van der Waals surface area (Å²) in [7, 11) is -3.37. The van der Waals surface area contributed by atoms with Gasteiger partial charge in [-0.25, -0.2) is 8.42 Å². The number of nitrogens with zero attached hydrogens (tertiary/aromatic N) is 1. The number of guanidine groups is 1. The van der Waals surface area contributed by atoms with Gasteiger partial charge in [0.2, 0.25) is 0 Å². The van der Waals surface area contributed by atoms with Crippen LogP contribution >= 0.6 is 24.0 Å². The van der Waals surface area contributed by atoms with Crippen molar-refractivity contribution in [3.05, 3.63) is 54.0 Å². The minimum atomic E-state index is -3.37. The van der Waals surface area contributed by atoms with E-state index in [-0.39, 0.29) is 41.7 Å². The highest BCUT2D eigenvalue weighted by atomic mass is 127. The molecule has 0 aliphatic heterocycles. The average molecular weight is 533 g/mol. The second-order valence-corrected chi connectivity index (χ2v) is 9.72. The molecule has 162 valence electrons. The molecule has 0 saturated carbocycles. The maximum absolute atomic E-state index is 12.6. The Balaban J connectivity index is 0.00000420. The van der Waals surface area contributed by atoms with Gasteiger partial charge in [0.1, 0.15) is 5.76 Å². The van der Waals surface area contributed by atoms with E-state index in [0.717, 1.165) is 17.7 Å². The Kier molecular flexibility index (Phi) is 10.2. The van der Waals surface area contributed by atoms with Crippen molar-refractivity contribution in [2.75, 3.05) is 25.4 Å². The lowest BCUT2D eigenvalue weighted by Crippen LogP contribution is -2.38. The van der Waals surface area contributed by atoms with Crippen LogP contribution in [0.25, 0.3) is 0 Å². The summed E-state index contributed by atoms with van der Waals surface area (Å²) >= 11 is 0. The molecule has 2 aromatic rings. The molecule has 0 bridgehead atoms. The molecule has 0 saturated heterocycles. The van der Waals surface area contributed by atoms with E-state index in [1.807, 2.05) is 31.2 Å². The van der Waals surface area contributed by atoms with Crippen molar-refractivity contribution in [2.45, 2.75) is 44.4 Å². The summed E-state index contributed by atoms with van der Waals surface area (Å²) in [5, 5.41) is 6.32. The maximum atomic E-state index is 12.6. The first kappa shape index (κ1) is 25.5. The summed E-state index contributed by atoms with van der Waals surface area (Å²) in [5.41, 5.74) is 1.11. The van der Waals surface area contributed by atoms with Crippen molar-refractivity contribution >= 4 is 39.8 Å². The molecule has 2 rings (SSSR count). The summed E-state index contributed by atoms with van der Waals surface area (Å²) in [4.78, 5) is 4.72. The molecule has 1 heterocycles. The van der Waals surface area contributed by atoms with Gasteiger partial charge in [-0.15, -0.1) is 24.0 Å². The van der Waals surface area contributed by atoms with Gasteiger partial charge in [-0.1, -0.05) is 32.9 Å². The van der Waals surface area contributed by atoms with Gasteiger partial charge in [0.25, 0.3) is 0 Å². The van der Waals surface area contributed by atoms with Crippen molar-refractivity contribution in [3.63, 3.8) is 0 Å². The van der Waals surface area contributed by atoms with E-state index in [1.54, 1.807) is 18.4 Å². The van der Waals surface area contributed by atoms with E-state index < -0.39 is 9.84 Å². The average Bonchev–Trinajstić information content (AvgIpc) is 3.14. The van der Waals surface area contributed by atoms with Crippen LogP contribution in [0.3, 0.4) is 0 Å². The van der Waals surface area contributed by atoms with Gasteiger partial charge < -0.3 is 15.1 Å². The van der Waals surface area contributed by atoms with E-state index in [0.29, 0.717) is 23.9 Å². The van der Waals surface area contributed by atoms with Gasteiger partial charge in [-0.3, -0.25) is 4.99 Å². The van der Waals surface area contributed by atoms with Crippen LogP contribution in [0.15, 0.2) is 57.0 Å². The fraction of sp³-hybridized carbons (Fsp3) is 0.476. The number of rotatable bonds is 8. The van der Waals surface area contributed by atoms with E-state index in [9.17, 15) is 8.42 Å². The lowest BCUT2D eigenvalue weighted by atomic mass is 9.87. The van der Waals surface area contributed by atoms with E-state index in [2.05, 4.69) is 36.4 Å². The van der Waals surface area contributed by atoms with Crippen molar-refractivity contribution in [2.24, 2.45) is 4.99 Å². The zero-order valence-corrected chi connectivity index (χ0v) is 20.7. The standard InChI is InChI=1S/C21H31N3O3S.HI/c1-5-22-20(23-13-12-18-7-6-15-27-18)24-14-16-28(25,26)19-10-8-17(9-11-19)21(2,3)4;/h6-11,15H,5,12-14,16H2,1-4H3,(H2,22,23,24);1H. The quantitative estimate of drug-likeness (QED) is 0.307. The van der Waals surface area contributed by atoms with Crippen LogP contribution in [0.5, 0.6) is 0 Å². The molecule has 0 aliphatic rings. The molecule has 0 atom stereocenters. The Bertz CT molecular complexity index is 856. The fourth-order valence-corrected chi connectivity index (χ4v) is 3.78. The van der Waals surface area contributed by atoms with E-state index in [4.69, 9.17) is 4.42 Å². The lowest BCUT2D eigenvalue weighted by Gasteiger charge is -2.19. The first-order valence-electron chi connectivity index (χ1n) is 9.60. The molecule has 29 heavy (non-hydrogen) atoms. The van der Waals surface area contributed by atoms with Crippen molar-refractivity contribution < 1.29 is 12.8 Å². The van der Waals surface area contributed by atoms with Crippen LogP contribution < -0.4 is 10.6 Å². The molecular weight excluding hydrogens is 501 g/mol. The van der Waals surface area contributed by atoms with Gasteiger partial charge in [-0.05, 0) is 42.2 Å². The highest BCUT2D eigenvalue weighted by Gasteiger charge is 2.17. The van der Waals surface area contributed by atoms with Crippen LogP contribution in [0.4, 0.5) is 0 Å². The summed E-state index contributed by atoms with van der Waals surface area (Å²) in [6.07, 6.45) is 2.38. The first-order chi connectivity index (χ1) is 13.2. The number of aliphatic imine (C=N–C) groups is 1. The SMILES string of the molecule is CCNC(=NCCS(=O)(=O)c1ccc(C(C)(C)C)cc1)NCCc1ccco1.I. The lowest BCUT2D eigenvalue weighted by molar-refractivity contribution is 0.507. The molecule has 1 aromatic carbocycles. The molecule has 0 radical (unpaired) electrons. The highest BCUT2D eigenvalue weighted by molar-refractivity contribution is 14.0. The van der Waals surface area contributed by atoms with Crippen LogP contribution in [-0.4, -0.2) is 39.8 Å². The van der Waals surface area contributed by atoms with Gasteiger partial charge in [0, 0.05) is 19.5 Å². The Morgan fingerprint density at radius 2 is 1.79 bits per heavy atom. The molecule has 1 aromatic heterocycles. The van der Waals surface area contributed by atoms with E-state index >= 15 is 0 Å². The fourth-order valence-electron chi connectivity index (χ4n) is 2.66. The normalized spacial score (nSPS) is 12.3. The van der Waals surface area contributed by atoms with Crippen LogP contribution in [0.2, 0.25) is 0 Å². The Hall–Kier alpha value is -1.55. The summed E-state index contributed by atoms with van der Waals surface area (Å²) in [5.74, 6) is 1.47. The topological polar surface area (TPSA) is 83.7 Å². The van der Waals surface area contributed by atoms with Crippen LogP contribution in [-0.2, 0) is 21.7 Å². The molecule has 2 N–H and O–H groups in total. The van der Waals surface area contributed by atoms with Crippen LogP contribution in [0.1, 0.15) is 39.0 Å².